The van der Waals surface area contributed by atoms with Gasteiger partial charge in [0.1, 0.15) is 0 Å². The molecular formula is C11H14ClN3O2S. The monoisotopic (exact) mass is 287 g/mol. The lowest BCUT2D eigenvalue weighted by Gasteiger charge is -2.26. The average Bonchev–Trinajstić information content (AvgIpc) is 2.41. The summed E-state index contributed by atoms with van der Waals surface area (Å²) in [7, 11) is 0. The third kappa shape index (κ3) is 3.13. The second-order valence-electron chi connectivity index (χ2n) is 3.69. The van der Waals surface area contributed by atoms with Gasteiger partial charge in [-0.2, -0.15) is 0 Å². The highest BCUT2D eigenvalue weighted by atomic mass is 35.5. The Labute approximate surface area is 115 Å². The Morgan fingerprint density at radius 1 is 1.56 bits per heavy atom. The first-order valence-corrected chi connectivity index (χ1v) is 7.11. The number of hydrogen-bond acceptors (Lipinski definition) is 5. The quantitative estimate of drug-likeness (QED) is 0.626. The molecule has 0 N–H and O–H groups in total. The molecule has 1 aromatic heterocycles. The summed E-state index contributed by atoms with van der Waals surface area (Å²) in [6.07, 6.45) is 1.49. The summed E-state index contributed by atoms with van der Waals surface area (Å²) in [6.45, 7) is 4.28. The molecule has 1 aliphatic heterocycles. The van der Waals surface area contributed by atoms with Crippen molar-refractivity contribution in [2.24, 2.45) is 0 Å². The molecule has 2 rings (SSSR count). The number of morpholine rings is 1. The number of amides is 1. The molecule has 0 atom stereocenters. The molecule has 0 radical (unpaired) electrons. The van der Waals surface area contributed by atoms with Crippen LogP contribution in [-0.2, 0) is 4.74 Å². The third-order valence-electron chi connectivity index (χ3n) is 2.50. The predicted octanol–water partition coefficient (Wildman–Crippen LogP) is 1.71. The second kappa shape index (κ2) is 6.36. The minimum absolute atomic E-state index is 0.149. The minimum atomic E-state index is -0.149. The molecule has 1 aromatic rings. The smallest absolute Gasteiger partial charge is 0.274 e. The van der Waals surface area contributed by atoms with Crippen LogP contribution in [0.25, 0.3) is 0 Å². The molecule has 98 valence electrons. The van der Waals surface area contributed by atoms with E-state index in [2.05, 4.69) is 9.97 Å². The maximum Gasteiger partial charge on any atom is 0.274 e. The van der Waals surface area contributed by atoms with Crippen LogP contribution >= 0.6 is 23.4 Å². The second-order valence-corrected chi connectivity index (χ2v) is 5.33. The normalized spacial score (nSPS) is 15.8. The van der Waals surface area contributed by atoms with Crippen LogP contribution in [0.3, 0.4) is 0 Å². The van der Waals surface area contributed by atoms with E-state index in [4.69, 9.17) is 16.3 Å². The number of aromatic nitrogens is 2. The van der Waals surface area contributed by atoms with E-state index in [0.717, 1.165) is 5.75 Å². The molecule has 1 aliphatic rings. The summed E-state index contributed by atoms with van der Waals surface area (Å²) < 4.78 is 5.21. The van der Waals surface area contributed by atoms with Crippen molar-refractivity contribution >= 4 is 29.3 Å². The van der Waals surface area contributed by atoms with Crippen molar-refractivity contribution in [3.63, 3.8) is 0 Å². The first kappa shape index (κ1) is 13.6. The number of carbonyl (C=O) groups excluding carboxylic acids is 1. The SMILES string of the molecule is CCSc1ncc(Cl)c(C(=O)N2CCOCC2)n1. The number of rotatable bonds is 3. The first-order chi connectivity index (χ1) is 8.72. The standard InChI is InChI=1S/C11H14ClN3O2S/c1-2-18-11-13-7-8(12)9(14-11)10(16)15-3-5-17-6-4-15/h7H,2-6H2,1H3. The molecule has 1 fully saturated rings. The Morgan fingerprint density at radius 2 is 2.28 bits per heavy atom. The van der Waals surface area contributed by atoms with Gasteiger partial charge >= 0.3 is 0 Å². The van der Waals surface area contributed by atoms with Gasteiger partial charge in [-0.1, -0.05) is 30.3 Å². The van der Waals surface area contributed by atoms with Crippen LogP contribution in [0.4, 0.5) is 0 Å². The zero-order valence-electron chi connectivity index (χ0n) is 10.1. The Balaban J connectivity index is 2.19. The molecule has 0 saturated carbocycles. The third-order valence-corrected chi connectivity index (χ3v) is 3.52. The van der Waals surface area contributed by atoms with Gasteiger partial charge in [-0.25, -0.2) is 9.97 Å². The molecule has 0 spiro atoms. The van der Waals surface area contributed by atoms with E-state index in [1.54, 1.807) is 4.90 Å². The van der Waals surface area contributed by atoms with Crippen LogP contribution < -0.4 is 0 Å². The van der Waals surface area contributed by atoms with Crippen molar-refractivity contribution < 1.29 is 9.53 Å². The van der Waals surface area contributed by atoms with E-state index in [9.17, 15) is 4.79 Å². The molecule has 0 aromatic carbocycles. The number of hydrogen-bond donors (Lipinski definition) is 0. The minimum Gasteiger partial charge on any atom is -0.378 e. The van der Waals surface area contributed by atoms with Gasteiger partial charge in [0.15, 0.2) is 10.9 Å². The summed E-state index contributed by atoms with van der Waals surface area (Å²) in [5, 5.41) is 0.880. The van der Waals surface area contributed by atoms with Crippen molar-refractivity contribution in [3.05, 3.63) is 16.9 Å². The highest BCUT2D eigenvalue weighted by Crippen LogP contribution is 2.19. The lowest BCUT2D eigenvalue weighted by atomic mass is 10.3. The van der Waals surface area contributed by atoms with Crippen molar-refractivity contribution in [2.45, 2.75) is 12.1 Å². The van der Waals surface area contributed by atoms with Crippen molar-refractivity contribution in [2.75, 3.05) is 32.1 Å². The van der Waals surface area contributed by atoms with Gasteiger partial charge < -0.3 is 9.64 Å². The van der Waals surface area contributed by atoms with E-state index in [0.29, 0.717) is 36.5 Å². The van der Waals surface area contributed by atoms with Gasteiger partial charge in [0, 0.05) is 13.1 Å². The number of thioether (sulfide) groups is 1. The molecule has 2 heterocycles. The summed E-state index contributed by atoms with van der Waals surface area (Å²) in [5.41, 5.74) is 0.282. The van der Waals surface area contributed by atoms with Crippen LogP contribution in [0.15, 0.2) is 11.4 Å². The largest absolute Gasteiger partial charge is 0.378 e. The Morgan fingerprint density at radius 3 is 2.94 bits per heavy atom. The van der Waals surface area contributed by atoms with Crippen LogP contribution in [0.5, 0.6) is 0 Å². The van der Waals surface area contributed by atoms with Gasteiger partial charge in [0.05, 0.1) is 24.4 Å². The molecule has 5 nitrogen and oxygen atoms in total. The molecule has 0 aliphatic carbocycles. The Bertz CT molecular complexity index is 438. The van der Waals surface area contributed by atoms with Crippen molar-refractivity contribution in [1.29, 1.82) is 0 Å². The van der Waals surface area contributed by atoms with Crippen molar-refractivity contribution in [1.82, 2.24) is 14.9 Å². The highest BCUT2D eigenvalue weighted by Gasteiger charge is 2.22. The van der Waals surface area contributed by atoms with Gasteiger partial charge in [0.25, 0.3) is 5.91 Å². The van der Waals surface area contributed by atoms with E-state index in [1.807, 2.05) is 6.92 Å². The lowest BCUT2D eigenvalue weighted by molar-refractivity contribution is 0.0298. The van der Waals surface area contributed by atoms with Crippen LogP contribution in [0.2, 0.25) is 5.02 Å². The fourth-order valence-electron chi connectivity index (χ4n) is 1.62. The van der Waals surface area contributed by atoms with Crippen molar-refractivity contribution in [3.8, 4) is 0 Å². The van der Waals surface area contributed by atoms with E-state index in [-0.39, 0.29) is 11.6 Å². The molecule has 1 amide bonds. The Hall–Kier alpha value is -0.850. The Kier molecular flexibility index (Phi) is 4.79. The highest BCUT2D eigenvalue weighted by molar-refractivity contribution is 7.99. The van der Waals surface area contributed by atoms with Crippen LogP contribution in [-0.4, -0.2) is 52.8 Å². The summed E-state index contributed by atoms with van der Waals surface area (Å²) in [6, 6.07) is 0. The van der Waals surface area contributed by atoms with Crippen LogP contribution in [0, 0.1) is 0 Å². The molecule has 0 bridgehead atoms. The number of halogens is 1. The van der Waals surface area contributed by atoms with Gasteiger partial charge in [0.2, 0.25) is 0 Å². The summed E-state index contributed by atoms with van der Waals surface area (Å²) in [5.74, 6) is 0.705. The number of nitrogens with zero attached hydrogens (tertiary/aromatic N) is 3. The number of ether oxygens (including phenoxy) is 1. The molecule has 0 unspecified atom stereocenters. The summed E-state index contributed by atoms with van der Waals surface area (Å²) >= 11 is 7.48. The lowest BCUT2D eigenvalue weighted by Crippen LogP contribution is -2.41. The molecule has 18 heavy (non-hydrogen) atoms. The van der Waals surface area contributed by atoms with Crippen LogP contribution in [0.1, 0.15) is 17.4 Å². The average molecular weight is 288 g/mol. The van der Waals surface area contributed by atoms with Gasteiger partial charge in [-0.05, 0) is 5.75 Å². The van der Waals surface area contributed by atoms with Gasteiger partial charge in [-0.15, -0.1) is 0 Å². The zero-order chi connectivity index (χ0) is 13.0. The summed E-state index contributed by atoms with van der Waals surface area (Å²) in [4.78, 5) is 22.3. The number of carbonyl (C=O) groups is 1. The molecular weight excluding hydrogens is 274 g/mol. The van der Waals surface area contributed by atoms with E-state index >= 15 is 0 Å². The van der Waals surface area contributed by atoms with E-state index in [1.165, 1.54) is 18.0 Å². The first-order valence-electron chi connectivity index (χ1n) is 5.74. The van der Waals surface area contributed by atoms with Gasteiger partial charge in [-0.3, -0.25) is 4.79 Å². The molecule has 1 saturated heterocycles. The topological polar surface area (TPSA) is 55.3 Å². The zero-order valence-corrected chi connectivity index (χ0v) is 11.6. The maximum absolute atomic E-state index is 12.3. The molecule has 7 heteroatoms. The van der Waals surface area contributed by atoms with E-state index < -0.39 is 0 Å². The predicted molar refractivity (Wildman–Crippen MR) is 70.2 cm³/mol. The fraction of sp³-hybridized carbons (Fsp3) is 0.545. The fourth-order valence-corrected chi connectivity index (χ4v) is 2.33. The maximum atomic E-state index is 12.3.